The zero-order valence-corrected chi connectivity index (χ0v) is 9.30. The van der Waals surface area contributed by atoms with Crippen LogP contribution in [0.1, 0.15) is 46.5 Å². The fourth-order valence-corrected chi connectivity index (χ4v) is 1.81. The smallest absolute Gasteiger partial charge is 0.338 e. The Kier molecular flexibility index (Phi) is 3.20. The van der Waals surface area contributed by atoms with E-state index in [1.807, 2.05) is 0 Å². The highest BCUT2D eigenvalue weighted by Gasteiger charge is 2.43. The van der Waals surface area contributed by atoms with Gasteiger partial charge in [0.25, 0.3) is 0 Å². The van der Waals surface area contributed by atoms with Gasteiger partial charge in [-0.3, -0.25) is 0 Å². The van der Waals surface area contributed by atoms with E-state index in [4.69, 9.17) is 4.74 Å². The molecule has 0 aromatic heterocycles. The molecule has 0 aromatic rings. The molecule has 1 aliphatic carbocycles. The molecule has 0 atom stereocenters. The van der Waals surface area contributed by atoms with Gasteiger partial charge in [0.05, 0.1) is 6.61 Å². The average molecular weight is 200 g/mol. The summed E-state index contributed by atoms with van der Waals surface area (Å²) in [5.74, 6) is -0.449. The number of hydrogen-bond donors (Lipinski definition) is 1. The van der Waals surface area contributed by atoms with Gasteiger partial charge in [-0.25, -0.2) is 4.79 Å². The van der Waals surface area contributed by atoms with Crippen LogP contribution in [0.25, 0.3) is 0 Å². The van der Waals surface area contributed by atoms with E-state index in [2.05, 4.69) is 13.8 Å². The van der Waals surface area contributed by atoms with Gasteiger partial charge in [0.15, 0.2) is 5.60 Å². The molecular formula is C11H20O3. The first kappa shape index (κ1) is 11.5. The van der Waals surface area contributed by atoms with E-state index in [0.717, 1.165) is 12.8 Å². The number of aliphatic hydroxyl groups is 1. The van der Waals surface area contributed by atoms with Crippen LogP contribution in [0.2, 0.25) is 0 Å². The van der Waals surface area contributed by atoms with Crippen molar-refractivity contribution in [2.75, 3.05) is 6.61 Å². The summed E-state index contributed by atoms with van der Waals surface area (Å²) in [5.41, 5.74) is -0.968. The summed E-state index contributed by atoms with van der Waals surface area (Å²) in [6.45, 7) is 6.42. The highest BCUT2D eigenvalue weighted by molar-refractivity contribution is 5.79. The molecule has 0 unspecified atom stereocenters. The van der Waals surface area contributed by atoms with Crippen molar-refractivity contribution in [2.45, 2.75) is 52.1 Å². The van der Waals surface area contributed by atoms with E-state index in [9.17, 15) is 9.90 Å². The summed E-state index contributed by atoms with van der Waals surface area (Å²) in [5, 5.41) is 10.0. The Bertz CT molecular complexity index is 211. The van der Waals surface area contributed by atoms with Gasteiger partial charge in [0, 0.05) is 0 Å². The summed E-state index contributed by atoms with van der Waals surface area (Å²) >= 11 is 0. The normalized spacial score (nSPS) is 24.3. The zero-order chi connectivity index (χ0) is 10.8. The van der Waals surface area contributed by atoms with E-state index in [0.29, 0.717) is 19.4 Å². The lowest BCUT2D eigenvalue weighted by molar-refractivity contribution is -0.170. The van der Waals surface area contributed by atoms with Gasteiger partial charge in [-0.15, -0.1) is 0 Å². The number of esters is 1. The first-order chi connectivity index (χ1) is 6.40. The molecule has 3 nitrogen and oxygen atoms in total. The lowest BCUT2D eigenvalue weighted by Gasteiger charge is -2.38. The van der Waals surface area contributed by atoms with E-state index < -0.39 is 11.6 Å². The molecule has 1 rings (SSSR count). The Balaban J connectivity index is 2.57. The second-order valence-electron chi connectivity index (χ2n) is 4.92. The van der Waals surface area contributed by atoms with Crippen LogP contribution in [0.15, 0.2) is 0 Å². The number of ether oxygens (including phenoxy) is 1. The van der Waals surface area contributed by atoms with Crippen LogP contribution < -0.4 is 0 Å². The molecule has 0 saturated heterocycles. The molecule has 82 valence electrons. The molecule has 0 spiro atoms. The van der Waals surface area contributed by atoms with Crippen LogP contribution in [-0.2, 0) is 9.53 Å². The minimum Gasteiger partial charge on any atom is -0.464 e. The van der Waals surface area contributed by atoms with E-state index in [1.54, 1.807) is 6.92 Å². The van der Waals surface area contributed by atoms with Gasteiger partial charge >= 0.3 is 5.97 Å². The summed E-state index contributed by atoms with van der Waals surface area (Å²) in [6, 6.07) is 0. The minimum absolute atomic E-state index is 0.249. The molecule has 0 heterocycles. The molecule has 1 aliphatic rings. The predicted molar refractivity (Wildman–Crippen MR) is 53.8 cm³/mol. The van der Waals surface area contributed by atoms with Gasteiger partial charge in [-0.05, 0) is 38.0 Å². The maximum absolute atomic E-state index is 11.5. The van der Waals surface area contributed by atoms with Crippen LogP contribution in [-0.4, -0.2) is 23.3 Å². The third-order valence-electron chi connectivity index (χ3n) is 3.09. The second kappa shape index (κ2) is 3.89. The Morgan fingerprint density at radius 2 is 1.79 bits per heavy atom. The van der Waals surface area contributed by atoms with Crippen LogP contribution in [0, 0.1) is 5.41 Å². The molecule has 0 aliphatic heterocycles. The molecule has 0 bridgehead atoms. The molecule has 14 heavy (non-hydrogen) atoms. The summed E-state index contributed by atoms with van der Waals surface area (Å²) < 4.78 is 4.86. The fourth-order valence-electron chi connectivity index (χ4n) is 1.81. The highest BCUT2D eigenvalue weighted by atomic mass is 16.5. The largest absolute Gasteiger partial charge is 0.464 e. The number of carbonyl (C=O) groups is 1. The van der Waals surface area contributed by atoms with Crippen molar-refractivity contribution in [1.29, 1.82) is 0 Å². The van der Waals surface area contributed by atoms with Crippen LogP contribution in [0.3, 0.4) is 0 Å². The van der Waals surface area contributed by atoms with Crippen molar-refractivity contribution < 1.29 is 14.6 Å². The SMILES string of the molecule is CCOC(=O)C1(O)CCC(C)(C)CC1. The highest BCUT2D eigenvalue weighted by Crippen LogP contribution is 2.40. The Hall–Kier alpha value is -0.570. The predicted octanol–water partition coefficient (Wildman–Crippen LogP) is 1.88. The molecular weight excluding hydrogens is 180 g/mol. The van der Waals surface area contributed by atoms with Crippen molar-refractivity contribution in [1.82, 2.24) is 0 Å². The second-order valence-corrected chi connectivity index (χ2v) is 4.92. The summed E-state index contributed by atoms with van der Waals surface area (Å²) in [7, 11) is 0. The summed E-state index contributed by atoms with van der Waals surface area (Å²) in [4.78, 5) is 11.5. The van der Waals surface area contributed by atoms with Crippen LogP contribution in [0.4, 0.5) is 0 Å². The topological polar surface area (TPSA) is 46.5 Å². The molecule has 3 heteroatoms. The number of hydrogen-bond acceptors (Lipinski definition) is 3. The molecule has 1 saturated carbocycles. The van der Waals surface area contributed by atoms with Gasteiger partial charge in [-0.1, -0.05) is 13.8 Å². The lowest BCUT2D eigenvalue weighted by Crippen LogP contribution is -2.45. The van der Waals surface area contributed by atoms with Crippen molar-refractivity contribution in [3.8, 4) is 0 Å². The van der Waals surface area contributed by atoms with E-state index >= 15 is 0 Å². The van der Waals surface area contributed by atoms with Gasteiger partial charge in [0.2, 0.25) is 0 Å². The van der Waals surface area contributed by atoms with Crippen molar-refractivity contribution >= 4 is 5.97 Å². The van der Waals surface area contributed by atoms with E-state index in [-0.39, 0.29) is 5.41 Å². The van der Waals surface area contributed by atoms with E-state index in [1.165, 1.54) is 0 Å². The lowest BCUT2D eigenvalue weighted by atomic mass is 9.71. The molecule has 1 fully saturated rings. The zero-order valence-electron chi connectivity index (χ0n) is 9.30. The fraction of sp³-hybridized carbons (Fsp3) is 0.909. The third-order valence-corrected chi connectivity index (χ3v) is 3.09. The Morgan fingerprint density at radius 1 is 1.29 bits per heavy atom. The van der Waals surface area contributed by atoms with Crippen LogP contribution >= 0.6 is 0 Å². The van der Waals surface area contributed by atoms with Crippen molar-refractivity contribution in [3.63, 3.8) is 0 Å². The minimum atomic E-state index is -1.22. The monoisotopic (exact) mass is 200 g/mol. The van der Waals surface area contributed by atoms with Crippen molar-refractivity contribution in [2.24, 2.45) is 5.41 Å². The first-order valence-corrected chi connectivity index (χ1v) is 5.29. The Labute approximate surface area is 85.5 Å². The maximum atomic E-state index is 11.5. The molecule has 0 aromatic carbocycles. The van der Waals surface area contributed by atoms with Crippen LogP contribution in [0.5, 0.6) is 0 Å². The number of rotatable bonds is 2. The quantitative estimate of drug-likeness (QED) is 0.692. The summed E-state index contributed by atoms with van der Waals surface area (Å²) in [6.07, 6.45) is 2.81. The molecule has 0 radical (unpaired) electrons. The average Bonchev–Trinajstić information content (AvgIpc) is 2.11. The third kappa shape index (κ3) is 2.47. The van der Waals surface area contributed by atoms with Gasteiger partial charge in [0.1, 0.15) is 0 Å². The molecule has 0 amide bonds. The molecule has 1 N–H and O–H groups in total. The number of carbonyl (C=O) groups excluding carboxylic acids is 1. The standard InChI is InChI=1S/C11H20O3/c1-4-14-9(12)11(13)7-5-10(2,3)6-8-11/h13H,4-8H2,1-3H3. The van der Waals surface area contributed by atoms with Gasteiger partial charge in [-0.2, -0.15) is 0 Å². The van der Waals surface area contributed by atoms with Gasteiger partial charge < -0.3 is 9.84 Å². The maximum Gasteiger partial charge on any atom is 0.338 e. The first-order valence-electron chi connectivity index (χ1n) is 5.29. The Morgan fingerprint density at radius 3 is 2.21 bits per heavy atom. The van der Waals surface area contributed by atoms with Crippen molar-refractivity contribution in [3.05, 3.63) is 0 Å².